The van der Waals surface area contributed by atoms with Crippen LogP contribution in [0.15, 0.2) is 58.7 Å². The van der Waals surface area contributed by atoms with Crippen molar-refractivity contribution in [1.82, 2.24) is 19.9 Å². The summed E-state index contributed by atoms with van der Waals surface area (Å²) in [6.07, 6.45) is 5.19. The second-order valence-corrected chi connectivity index (χ2v) is 10.4. The van der Waals surface area contributed by atoms with E-state index in [-0.39, 0.29) is 34.5 Å². The molecule has 2 aromatic rings. The molecule has 9 nitrogen and oxygen atoms in total. The monoisotopic (exact) mass is 483 g/mol. The Bertz CT molecular complexity index is 1190. The lowest BCUT2D eigenvalue weighted by atomic mass is 9.97. The molecule has 2 aliphatic heterocycles. The van der Waals surface area contributed by atoms with Crippen LogP contribution in [0.4, 0.5) is 0 Å². The van der Waals surface area contributed by atoms with Gasteiger partial charge in [0.25, 0.3) is 15.9 Å². The van der Waals surface area contributed by atoms with Gasteiger partial charge in [0, 0.05) is 42.7 Å². The molecule has 4 rings (SSSR count). The molecule has 0 unspecified atom stereocenters. The quantitative estimate of drug-likeness (QED) is 0.651. The molecule has 1 aromatic heterocycles. The zero-order valence-corrected chi connectivity index (χ0v) is 20.1. The highest BCUT2D eigenvalue weighted by molar-refractivity contribution is 7.90. The SMILES string of the molecule is CC[C@H](C)[C@H](N=C1NS(=O)(=O)c2ccccc21)C(=O)NC1CCN(C(=O)c2ccncc2)CC1. The molecule has 2 amide bonds. The summed E-state index contributed by atoms with van der Waals surface area (Å²) in [5, 5.41) is 3.08. The number of aliphatic imine (C=N–C) groups is 1. The van der Waals surface area contributed by atoms with E-state index in [4.69, 9.17) is 0 Å². The predicted octanol–water partition coefficient (Wildman–Crippen LogP) is 1.96. The third kappa shape index (κ3) is 4.96. The Morgan fingerprint density at radius 3 is 2.53 bits per heavy atom. The van der Waals surface area contributed by atoms with E-state index in [9.17, 15) is 18.0 Å². The molecule has 2 atom stereocenters. The molecule has 0 bridgehead atoms. The fourth-order valence-electron chi connectivity index (χ4n) is 4.23. The first kappa shape index (κ1) is 23.9. The van der Waals surface area contributed by atoms with Crippen LogP contribution < -0.4 is 10.0 Å². The number of hydrogen-bond acceptors (Lipinski definition) is 6. The number of aromatic nitrogens is 1. The van der Waals surface area contributed by atoms with Crippen LogP contribution in [0, 0.1) is 5.92 Å². The van der Waals surface area contributed by atoms with Crippen molar-refractivity contribution in [3.8, 4) is 0 Å². The van der Waals surface area contributed by atoms with Crippen molar-refractivity contribution in [2.75, 3.05) is 13.1 Å². The van der Waals surface area contributed by atoms with Gasteiger partial charge < -0.3 is 10.2 Å². The number of nitrogens with zero attached hydrogens (tertiary/aromatic N) is 3. The normalized spacial score (nSPS) is 20.3. The van der Waals surface area contributed by atoms with Gasteiger partial charge in [-0.3, -0.25) is 24.3 Å². The Kier molecular flexibility index (Phi) is 6.97. The number of nitrogens with one attached hydrogen (secondary N) is 2. The van der Waals surface area contributed by atoms with Gasteiger partial charge in [-0.2, -0.15) is 0 Å². The number of likely N-dealkylation sites (tertiary alicyclic amines) is 1. The fourth-order valence-corrected chi connectivity index (χ4v) is 5.47. The highest BCUT2D eigenvalue weighted by Crippen LogP contribution is 2.24. The van der Waals surface area contributed by atoms with Crippen molar-refractivity contribution in [3.05, 3.63) is 59.9 Å². The summed E-state index contributed by atoms with van der Waals surface area (Å²) in [6.45, 7) is 4.99. The van der Waals surface area contributed by atoms with Crippen molar-refractivity contribution in [2.45, 2.75) is 50.1 Å². The molecule has 1 fully saturated rings. The number of amidine groups is 1. The van der Waals surface area contributed by atoms with Gasteiger partial charge in [-0.1, -0.05) is 32.4 Å². The second-order valence-electron chi connectivity index (χ2n) is 8.72. The average Bonchev–Trinajstić information content (AvgIpc) is 3.12. The van der Waals surface area contributed by atoms with Crippen LogP contribution in [0.2, 0.25) is 0 Å². The Labute approximate surface area is 199 Å². The van der Waals surface area contributed by atoms with E-state index in [1.165, 1.54) is 6.07 Å². The van der Waals surface area contributed by atoms with E-state index in [0.717, 1.165) is 0 Å². The summed E-state index contributed by atoms with van der Waals surface area (Å²) in [5.41, 5.74) is 1.08. The van der Waals surface area contributed by atoms with Crippen LogP contribution in [-0.2, 0) is 14.8 Å². The first-order chi connectivity index (χ1) is 16.3. The molecule has 34 heavy (non-hydrogen) atoms. The number of hydrogen-bond donors (Lipinski definition) is 2. The molecular formula is C24H29N5O4S. The van der Waals surface area contributed by atoms with Crippen molar-refractivity contribution in [1.29, 1.82) is 0 Å². The minimum Gasteiger partial charge on any atom is -0.351 e. The summed E-state index contributed by atoms with van der Waals surface area (Å²) >= 11 is 0. The van der Waals surface area contributed by atoms with E-state index < -0.39 is 16.1 Å². The van der Waals surface area contributed by atoms with Gasteiger partial charge in [0.15, 0.2) is 0 Å². The molecule has 1 aromatic carbocycles. The largest absolute Gasteiger partial charge is 0.351 e. The van der Waals surface area contributed by atoms with Crippen molar-refractivity contribution in [2.24, 2.45) is 10.9 Å². The maximum Gasteiger partial charge on any atom is 0.263 e. The molecule has 0 saturated carbocycles. The van der Waals surface area contributed by atoms with Crippen LogP contribution in [0.3, 0.4) is 0 Å². The summed E-state index contributed by atoms with van der Waals surface area (Å²) in [5.74, 6) is -0.153. The first-order valence-corrected chi connectivity index (χ1v) is 13.0. The Balaban J connectivity index is 1.44. The number of fused-ring (bicyclic) bond motifs is 1. The van der Waals surface area contributed by atoms with Crippen LogP contribution in [0.1, 0.15) is 49.0 Å². The molecule has 2 N–H and O–H groups in total. The van der Waals surface area contributed by atoms with Crippen LogP contribution in [-0.4, -0.2) is 61.1 Å². The van der Waals surface area contributed by atoms with Gasteiger partial charge in [0.05, 0.1) is 4.90 Å². The minimum atomic E-state index is -3.68. The molecule has 180 valence electrons. The van der Waals surface area contributed by atoms with E-state index in [1.807, 2.05) is 13.8 Å². The number of pyridine rings is 1. The first-order valence-electron chi connectivity index (χ1n) is 11.5. The average molecular weight is 484 g/mol. The predicted molar refractivity (Wildman–Crippen MR) is 128 cm³/mol. The molecule has 2 aliphatic rings. The van der Waals surface area contributed by atoms with Crippen LogP contribution >= 0.6 is 0 Å². The Morgan fingerprint density at radius 2 is 1.85 bits per heavy atom. The Morgan fingerprint density at radius 1 is 1.18 bits per heavy atom. The van der Waals surface area contributed by atoms with Gasteiger partial charge in [0.2, 0.25) is 5.91 Å². The summed E-state index contributed by atoms with van der Waals surface area (Å²) in [7, 11) is -3.68. The van der Waals surface area contributed by atoms with Gasteiger partial charge >= 0.3 is 0 Å². The van der Waals surface area contributed by atoms with Gasteiger partial charge in [0.1, 0.15) is 11.9 Å². The number of benzene rings is 1. The number of carbonyl (C=O) groups excluding carboxylic acids is 2. The smallest absolute Gasteiger partial charge is 0.263 e. The highest BCUT2D eigenvalue weighted by atomic mass is 32.2. The molecule has 0 spiro atoms. The van der Waals surface area contributed by atoms with Crippen LogP contribution in [0.5, 0.6) is 0 Å². The number of rotatable bonds is 6. The number of piperidine rings is 1. The lowest BCUT2D eigenvalue weighted by molar-refractivity contribution is -0.124. The van der Waals surface area contributed by atoms with E-state index in [2.05, 4.69) is 20.0 Å². The maximum atomic E-state index is 13.2. The maximum absolute atomic E-state index is 13.2. The van der Waals surface area contributed by atoms with E-state index in [1.54, 1.807) is 47.6 Å². The molecule has 0 radical (unpaired) electrons. The van der Waals surface area contributed by atoms with Crippen LogP contribution in [0.25, 0.3) is 0 Å². The number of carbonyl (C=O) groups is 2. The molecule has 0 aliphatic carbocycles. The molecule has 3 heterocycles. The third-order valence-corrected chi connectivity index (χ3v) is 7.84. The Hall–Kier alpha value is -3.27. The number of amides is 2. The lowest BCUT2D eigenvalue weighted by Gasteiger charge is -2.33. The van der Waals surface area contributed by atoms with Gasteiger partial charge in [-0.25, -0.2) is 8.42 Å². The fraction of sp³-hybridized carbons (Fsp3) is 0.417. The minimum absolute atomic E-state index is 0.0387. The van der Waals surface area contributed by atoms with Crippen molar-refractivity contribution < 1.29 is 18.0 Å². The summed E-state index contributed by atoms with van der Waals surface area (Å²) in [6, 6.07) is 9.20. The summed E-state index contributed by atoms with van der Waals surface area (Å²) in [4.78, 5) is 36.4. The van der Waals surface area contributed by atoms with Gasteiger partial charge in [-0.15, -0.1) is 0 Å². The standard InChI is InChI=1S/C24H29N5O4S/c1-3-16(2)21(27-22-19-6-4-5-7-20(19)34(32,33)28-22)23(30)26-18-10-14-29(15-11-18)24(31)17-8-12-25-13-9-17/h4-9,12-13,16,18,21H,3,10-11,14-15H2,1-2H3,(H,26,30)(H,27,28)/t16-,21-/m0/s1. The second kappa shape index (κ2) is 9.92. The van der Waals surface area contributed by atoms with E-state index >= 15 is 0 Å². The van der Waals surface area contributed by atoms with Gasteiger partial charge in [-0.05, 0) is 43.0 Å². The number of sulfonamides is 1. The topological polar surface area (TPSA) is 121 Å². The summed E-state index contributed by atoms with van der Waals surface area (Å²) < 4.78 is 27.4. The molecule has 10 heteroatoms. The van der Waals surface area contributed by atoms with E-state index in [0.29, 0.717) is 43.5 Å². The molecular weight excluding hydrogens is 454 g/mol. The third-order valence-electron chi connectivity index (χ3n) is 6.44. The zero-order valence-electron chi connectivity index (χ0n) is 19.3. The highest BCUT2D eigenvalue weighted by Gasteiger charge is 2.34. The molecule has 1 saturated heterocycles. The van der Waals surface area contributed by atoms with Crippen molar-refractivity contribution >= 4 is 27.7 Å². The lowest BCUT2D eigenvalue weighted by Crippen LogP contribution is -2.49. The zero-order chi connectivity index (χ0) is 24.3. The van der Waals surface area contributed by atoms with Crippen molar-refractivity contribution in [3.63, 3.8) is 0 Å².